The van der Waals surface area contributed by atoms with Crippen molar-refractivity contribution < 1.29 is 13.2 Å². The fourth-order valence-electron chi connectivity index (χ4n) is 2.45. The molecule has 1 amide bonds. The third kappa shape index (κ3) is 6.12. The number of hydrogen-bond donors (Lipinski definition) is 1. The Bertz CT molecular complexity index is 880. The van der Waals surface area contributed by atoms with Crippen molar-refractivity contribution >= 4 is 33.2 Å². The predicted molar refractivity (Wildman–Crippen MR) is 106 cm³/mol. The zero-order chi connectivity index (χ0) is 19.3. The molecule has 0 aromatic heterocycles. The van der Waals surface area contributed by atoms with Crippen LogP contribution in [-0.4, -0.2) is 38.0 Å². The van der Waals surface area contributed by atoms with Crippen LogP contribution in [0.1, 0.15) is 16.7 Å². The highest BCUT2D eigenvalue weighted by Crippen LogP contribution is 2.15. The average molecular weight is 395 g/mol. The lowest BCUT2D eigenvalue weighted by molar-refractivity contribution is -0.116. The van der Waals surface area contributed by atoms with E-state index in [1.54, 1.807) is 18.2 Å². The minimum absolute atomic E-state index is 0.223. The monoisotopic (exact) mass is 394 g/mol. The van der Waals surface area contributed by atoms with Gasteiger partial charge in [0.1, 0.15) is 0 Å². The molecule has 26 heavy (non-hydrogen) atoms. The number of carbonyl (C=O) groups is 1. The lowest BCUT2D eigenvalue weighted by Crippen LogP contribution is -2.38. The van der Waals surface area contributed by atoms with Gasteiger partial charge in [0.2, 0.25) is 15.9 Å². The molecule has 140 valence electrons. The smallest absolute Gasteiger partial charge is 0.239 e. The van der Waals surface area contributed by atoms with Crippen LogP contribution >= 0.6 is 11.6 Å². The van der Waals surface area contributed by atoms with E-state index < -0.39 is 10.0 Å². The van der Waals surface area contributed by atoms with E-state index >= 15 is 0 Å². The number of amides is 1. The number of sulfonamides is 1. The summed E-state index contributed by atoms with van der Waals surface area (Å²) in [6.45, 7) is 3.95. The standard InChI is InChI=1S/C19H23ClN2O3S/c1-14-4-9-18(12-15(14)2)21-19(23)13-22(26(3,24)25)11-10-16-5-7-17(20)8-6-16/h4-9,12H,10-11,13H2,1-3H3,(H,21,23). The number of nitrogens with one attached hydrogen (secondary N) is 1. The molecule has 1 N–H and O–H groups in total. The first kappa shape index (κ1) is 20.4. The third-order valence-corrected chi connectivity index (χ3v) is 5.64. The first-order valence-electron chi connectivity index (χ1n) is 8.22. The molecule has 0 unspecified atom stereocenters. The van der Waals surface area contributed by atoms with Gasteiger partial charge >= 0.3 is 0 Å². The van der Waals surface area contributed by atoms with E-state index in [0.29, 0.717) is 17.1 Å². The zero-order valence-electron chi connectivity index (χ0n) is 15.1. The first-order chi connectivity index (χ1) is 12.1. The van der Waals surface area contributed by atoms with Gasteiger partial charge in [0.15, 0.2) is 0 Å². The lowest BCUT2D eigenvalue weighted by Gasteiger charge is -2.19. The third-order valence-electron chi connectivity index (χ3n) is 4.14. The van der Waals surface area contributed by atoms with Crippen molar-refractivity contribution in [3.8, 4) is 0 Å². The minimum Gasteiger partial charge on any atom is -0.325 e. The lowest BCUT2D eigenvalue weighted by atomic mass is 10.1. The van der Waals surface area contributed by atoms with Crippen LogP contribution in [0.2, 0.25) is 5.02 Å². The molecular formula is C19H23ClN2O3S. The van der Waals surface area contributed by atoms with E-state index in [4.69, 9.17) is 11.6 Å². The molecule has 5 nitrogen and oxygen atoms in total. The van der Waals surface area contributed by atoms with Gasteiger partial charge < -0.3 is 5.32 Å². The van der Waals surface area contributed by atoms with Crippen LogP contribution in [0.5, 0.6) is 0 Å². The van der Waals surface area contributed by atoms with Gasteiger partial charge in [-0.15, -0.1) is 0 Å². The Balaban J connectivity index is 2.01. The molecule has 0 fully saturated rings. The quantitative estimate of drug-likeness (QED) is 0.782. The number of nitrogens with zero attached hydrogens (tertiary/aromatic N) is 1. The Labute approximate surface area is 160 Å². The highest BCUT2D eigenvalue weighted by Gasteiger charge is 2.20. The SMILES string of the molecule is Cc1ccc(NC(=O)CN(CCc2ccc(Cl)cc2)S(C)(=O)=O)cc1C. The number of hydrogen-bond acceptors (Lipinski definition) is 3. The van der Waals surface area contributed by atoms with Gasteiger partial charge in [-0.2, -0.15) is 4.31 Å². The Hall–Kier alpha value is -1.89. The van der Waals surface area contributed by atoms with E-state index in [1.165, 1.54) is 4.31 Å². The summed E-state index contributed by atoms with van der Waals surface area (Å²) in [4.78, 5) is 12.3. The Morgan fingerprint density at radius 1 is 1.08 bits per heavy atom. The van der Waals surface area contributed by atoms with Crippen molar-refractivity contribution in [2.24, 2.45) is 0 Å². The molecule has 2 aromatic carbocycles. The summed E-state index contributed by atoms with van der Waals surface area (Å²) in [6.07, 6.45) is 1.61. The van der Waals surface area contributed by atoms with E-state index in [2.05, 4.69) is 5.32 Å². The molecule has 0 atom stereocenters. The van der Waals surface area contributed by atoms with Crippen LogP contribution < -0.4 is 5.32 Å². The normalized spacial score (nSPS) is 11.6. The molecule has 0 radical (unpaired) electrons. The maximum absolute atomic E-state index is 12.3. The fraction of sp³-hybridized carbons (Fsp3) is 0.316. The number of benzene rings is 2. The summed E-state index contributed by atoms with van der Waals surface area (Å²) >= 11 is 5.85. The minimum atomic E-state index is -3.50. The van der Waals surface area contributed by atoms with Crippen LogP contribution in [-0.2, 0) is 21.2 Å². The van der Waals surface area contributed by atoms with E-state index in [9.17, 15) is 13.2 Å². The molecule has 2 rings (SSSR count). The summed E-state index contributed by atoms with van der Waals surface area (Å²) in [7, 11) is -3.50. The summed E-state index contributed by atoms with van der Waals surface area (Å²) in [6, 6.07) is 12.8. The average Bonchev–Trinajstić information content (AvgIpc) is 2.55. The number of halogens is 1. The van der Waals surface area contributed by atoms with Gasteiger partial charge in [-0.1, -0.05) is 29.8 Å². The molecule has 0 heterocycles. The molecule has 0 bridgehead atoms. The van der Waals surface area contributed by atoms with Gasteiger partial charge in [0.25, 0.3) is 0 Å². The molecule has 0 aliphatic rings. The van der Waals surface area contributed by atoms with Crippen molar-refractivity contribution in [2.75, 3.05) is 24.7 Å². The van der Waals surface area contributed by atoms with Gasteiger partial charge in [-0.25, -0.2) is 8.42 Å². The summed E-state index contributed by atoms with van der Waals surface area (Å²) in [5, 5.41) is 3.38. The topological polar surface area (TPSA) is 66.5 Å². The first-order valence-corrected chi connectivity index (χ1v) is 10.4. The molecule has 0 aliphatic carbocycles. The summed E-state index contributed by atoms with van der Waals surface area (Å²) in [5.41, 5.74) is 3.80. The van der Waals surface area contributed by atoms with Gasteiger partial charge in [0, 0.05) is 17.3 Å². The van der Waals surface area contributed by atoms with Gasteiger partial charge in [-0.05, 0) is 61.2 Å². The maximum Gasteiger partial charge on any atom is 0.239 e. The molecule has 0 aliphatic heterocycles. The van der Waals surface area contributed by atoms with Crippen LogP contribution in [0.4, 0.5) is 5.69 Å². The number of rotatable bonds is 7. The molecule has 0 saturated carbocycles. The van der Waals surface area contributed by atoms with Crippen molar-refractivity contribution in [1.29, 1.82) is 0 Å². The molecule has 2 aromatic rings. The molecule has 0 spiro atoms. The summed E-state index contributed by atoms with van der Waals surface area (Å²) in [5.74, 6) is -0.366. The van der Waals surface area contributed by atoms with Gasteiger partial charge in [-0.3, -0.25) is 4.79 Å². The maximum atomic E-state index is 12.3. The fourth-order valence-corrected chi connectivity index (χ4v) is 3.35. The second-order valence-corrected chi connectivity index (χ2v) is 8.74. The second kappa shape index (κ2) is 8.66. The molecule has 0 saturated heterocycles. The van der Waals surface area contributed by atoms with Crippen LogP contribution in [0.25, 0.3) is 0 Å². The van der Waals surface area contributed by atoms with Crippen molar-refractivity contribution in [3.05, 3.63) is 64.2 Å². The Morgan fingerprint density at radius 3 is 2.31 bits per heavy atom. The highest BCUT2D eigenvalue weighted by atomic mass is 35.5. The zero-order valence-corrected chi connectivity index (χ0v) is 16.7. The summed E-state index contributed by atoms with van der Waals surface area (Å²) < 4.78 is 25.2. The van der Waals surface area contributed by atoms with Crippen LogP contribution in [0.15, 0.2) is 42.5 Å². The van der Waals surface area contributed by atoms with E-state index in [-0.39, 0.29) is 19.0 Å². The van der Waals surface area contributed by atoms with Crippen molar-refractivity contribution in [2.45, 2.75) is 20.3 Å². The van der Waals surface area contributed by atoms with E-state index in [0.717, 1.165) is 22.9 Å². The number of aryl methyl sites for hydroxylation is 2. The second-order valence-electron chi connectivity index (χ2n) is 6.32. The number of carbonyl (C=O) groups excluding carboxylic acids is 1. The van der Waals surface area contributed by atoms with E-state index in [1.807, 2.05) is 38.1 Å². The van der Waals surface area contributed by atoms with Crippen LogP contribution in [0, 0.1) is 13.8 Å². The largest absolute Gasteiger partial charge is 0.325 e. The number of anilines is 1. The van der Waals surface area contributed by atoms with Crippen molar-refractivity contribution in [1.82, 2.24) is 4.31 Å². The van der Waals surface area contributed by atoms with Gasteiger partial charge in [0.05, 0.1) is 12.8 Å². The predicted octanol–water partition coefficient (Wildman–Crippen LogP) is 3.40. The Kier molecular flexibility index (Phi) is 6.81. The Morgan fingerprint density at radius 2 is 1.73 bits per heavy atom. The molecular weight excluding hydrogens is 372 g/mol. The highest BCUT2D eigenvalue weighted by molar-refractivity contribution is 7.88. The van der Waals surface area contributed by atoms with Crippen molar-refractivity contribution in [3.63, 3.8) is 0 Å². The molecule has 7 heteroatoms. The van der Waals surface area contributed by atoms with Crippen LogP contribution in [0.3, 0.4) is 0 Å².